The summed E-state index contributed by atoms with van der Waals surface area (Å²) in [7, 11) is 0. The fourth-order valence-electron chi connectivity index (χ4n) is 2.21. The van der Waals surface area contributed by atoms with Gasteiger partial charge in [-0.25, -0.2) is 0 Å². The Morgan fingerprint density at radius 2 is 2.26 bits per heavy atom. The summed E-state index contributed by atoms with van der Waals surface area (Å²) in [4.78, 5) is 1.46. The summed E-state index contributed by atoms with van der Waals surface area (Å²) in [5.74, 6) is 0. The lowest BCUT2D eigenvalue weighted by Gasteiger charge is -2.17. The normalized spacial score (nSPS) is 12.7. The number of hydrogen-bond acceptors (Lipinski definition) is 3. The van der Waals surface area contributed by atoms with Crippen LogP contribution in [-0.2, 0) is 19.4 Å². The lowest BCUT2D eigenvalue weighted by atomic mass is 10.1. The summed E-state index contributed by atoms with van der Waals surface area (Å²) in [5.41, 5.74) is 1.33. The van der Waals surface area contributed by atoms with Crippen LogP contribution in [0.4, 0.5) is 0 Å². The molecule has 1 N–H and O–H groups in total. The van der Waals surface area contributed by atoms with Crippen molar-refractivity contribution in [1.29, 1.82) is 0 Å². The van der Waals surface area contributed by atoms with Crippen molar-refractivity contribution in [2.24, 2.45) is 0 Å². The number of aromatic nitrogens is 2. The number of hydrogen-bond donors (Lipinski definition) is 1. The summed E-state index contributed by atoms with van der Waals surface area (Å²) in [6, 6.07) is 4.86. The molecule has 0 saturated carbocycles. The molecule has 2 heterocycles. The number of thiophene rings is 1. The van der Waals surface area contributed by atoms with Crippen LogP contribution < -0.4 is 5.32 Å². The van der Waals surface area contributed by atoms with Gasteiger partial charge in [-0.05, 0) is 49.7 Å². The van der Waals surface area contributed by atoms with Crippen LogP contribution in [0.15, 0.2) is 29.9 Å². The monoisotopic (exact) mass is 277 g/mol. The van der Waals surface area contributed by atoms with Crippen LogP contribution in [-0.4, -0.2) is 22.4 Å². The first-order chi connectivity index (χ1) is 9.31. The summed E-state index contributed by atoms with van der Waals surface area (Å²) >= 11 is 1.84. The molecule has 0 spiro atoms. The Morgan fingerprint density at radius 3 is 2.89 bits per heavy atom. The molecule has 0 fully saturated rings. The quantitative estimate of drug-likeness (QED) is 0.803. The third kappa shape index (κ3) is 4.48. The molecular weight excluding hydrogens is 254 g/mol. The molecule has 104 valence electrons. The molecule has 0 aromatic carbocycles. The van der Waals surface area contributed by atoms with Gasteiger partial charge in [0.2, 0.25) is 0 Å². The fourth-order valence-corrected chi connectivity index (χ4v) is 2.99. The van der Waals surface area contributed by atoms with Crippen LogP contribution >= 0.6 is 11.3 Å². The van der Waals surface area contributed by atoms with E-state index in [2.05, 4.69) is 48.0 Å². The average molecular weight is 277 g/mol. The highest BCUT2D eigenvalue weighted by Crippen LogP contribution is 2.14. The van der Waals surface area contributed by atoms with E-state index in [0.29, 0.717) is 6.04 Å². The van der Waals surface area contributed by atoms with Gasteiger partial charge in [-0.15, -0.1) is 11.3 Å². The van der Waals surface area contributed by atoms with Crippen molar-refractivity contribution < 1.29 is 0 Å². The highest BCUT2D eigenvalue weighted by Gasteiger charge is 2.11. The number of nitrogens with one attached hydrogen (secondary N) is 1. The smallest absolute Gasteiger partial charge is 0.0522 e. The van der Waals surface area contributed by atoms with Gasteiger partial charge < -0.3 is 5.32 Å². The minimum atomic E-state index is 0.508. The number of nitrogens with zero attached hydrogens (tertiary/aromatic N) is 2. The Labute approximate surface area is 119 Å². The van der Waals surface area contributed by atoms with Gasteiger partial charge in [-0.2, -0.15) is 5.10 Å². The van der Waals surface area contributed by atoms with Crippen LogP contribution in [0.2, 0.25) is 0 Å². The molecular formula is C15H23N3S. The van der Waals surface area contributed by atoms with Gasteiger partial charge in [0.1, 0.15) is 0 Å². The molecule has 2 rings (SSSR count). The van der Waals surface area contributed by atoms with E-state index in [4.69, 9.17) is 0 Å². The molecule has 1 unspecified atom stereocenters. The summed E-state index contributed by atoms with van der Waals surface area (Å²) in [6.07, 6.45) is 7.50. The maximum Gasteiger partial charge on any atom is 0.0522 e. The standard InChI is InChI=1S/C15H23N3S/c1-3-7-16-14(10-15-6-5-8-19-15)9-13-11-17-18(4-2)12-13/h5-6,8,11-12,14,16H,3-4,7,9-10H2,1-2H3. The second kappa shape index (κ2) is 7.46. The van der Waals surface area contributed by atoms with Crippen LogP contribution in [0, 0.1) is 0 Å². The van der Waals surface area contributed by atoms with Crippen LogP contribution in [0.1, 0.15) is 30.7 Å². The number of aryl methyl sites for hydroxylation is 1. The molecule has 0 saturated heterocycles. The highest BCUT2D eigenvalue weighted by atomic mass is 32.1. The molecule has 0 aliphatic heterocycles. The minimum Gasteiger partial charge on any atom is -0.313 e. The Morgan fingerprint density at radius 1 is 1.37 bits per heavy atom. The van der Waals surface area contributed by atoms with Crippen LogP contribution in [0.3, 0.4) is 0 Å². The van der Waals surface area contributed by atoms with Crippen molar-refractivity contribution in [3.8, 4) is 0 Å². The molecule has 0 aliphatic carbocycles. The van der Waals surface area contributed by atoms with E-state index < -0.39 is 0 Å². The third-order valence-electron chi connectivity index (χ3n) is 3.20. The molecule has 19 heavy (non-hydrogen) atoms. The van der Waals surface area contributed by atoms with Gasteiger partial charge in [-0.1, -0.05) is 13.0 Å². The van der Waals surface area contributed by atoms with Crippen LogP contribution in [0.5, 0.6) is 0 Å². The Balaban J connectivity index is 1.96. The molecule has 1 atom stereocenters. The molecule has 0 amide bonds. The van der Waals surface area contributed by atoms with Crippen molar-refractivity contribution in [2.75, 3.05) is 6.54 Å². The SMILES string of the molecule is CCCNC(Cc1cnn(CC)c1)Cc1cccs1. The maximum atomic E-state index is 4.36. The lowest BCUT2D eigenvalue weighted by molar-refractivity contribution is 0.507. The van der Waals surface area contributed by atoms with Gasteiger partial charge in [0.05, 0.1) is 6.20 Å². The maximum absolute atomic E-state index is 4.36. The molecule has 2 aromatic rings. The van der Waals surface area contributed by atoms with Crippen molar-refractivity contribution in [1.82, 2.24) is 15.1 Å². The van der Waals surface area contributed by atoms with Gasteiger partial charge in [0.25, 0.3) is 0 Å². The van der Waals surface area contributed by atoms with Crippen LogP contribution in [0.25, 0.3) is 0 Å². The van der Waals surface area contributed by atoms with Crippen molar-refractivity contribution in [3.63, 3.8) is 0 Å². The van der Waals surface area contributed by atoms with E-state index in [1.165, 1.54) is 16.9 Å². The topological polar surface area (TPSA) is 29.9 Å². The molecule has 2 aromatic heterocycles. The Kier molecular flexibility index (Phi) is 5.61. The Bertz CT molecular complexity index is 461. The average Bonchev–Trinajstić information content (AvgIpc) is 3.07. The lowest BCUT2D eigenvalue weighted by Crippen LogP contribution is -2.33. The summed E-state index contributed by atoms with van der Waals surface area (Å²) in [6.45, 7) is 6.36. The van der Waals surface area contributed by atoms with Gasteiger partial charge in [0.15, 0.2) is 0 Å². The fraction of sp³-hybridized carbons (Fsp3) is 0.533. The summed E-state index contributed by atoms with van der Waals surface area (Å²) in [5, 5.41) is 10.2. The zero-order chi connectivity index (χ0) is 13.5. The minimum absolute atomic E-state index is 0.508. The second-order valence-electron chi connectivity index (χ2n) is 4.84. The zero-order valence-electron chi connectivity index (χ0n) is 11.8. The highest BCUT2D eigenvalue weighted by molar-refractivity contribution is 7.09. The van der Waals surface area contributed by atoms with Gasteiger partial charge >= 0.3 is 0 Å². The molecule has 0 aliphatic rings. The second-order valence-corrected chi connectivity index (χ2v) is 5.88. The molecule has 0 radical (unpaired) electrons. The van der Waals surface area contributed by atoms with E-state index >= 15 is 0 Å². The molecule has 3 nitrogen and oxygen atoms in total. The largest absolute Gasteiger partial charge is 0.313 e. The predicted molar refractivity (Wildman–Crippen MR) is 81.7 cm³/mol. The van der Waals surface area contributed by atoms with Crippen molar-refractivity contribution in [3.05, 3.63) is 40.3 Å². The first kappa shape index (κ1) is 14.3. The van der Waals surface area contributed by atoms with Gasteiger partial charge in [0, 0.05) is 23.7 Å². The van der Waals surface area contributed by atoms with E-state index in [0.717, 1.165) is 25.9 Å². The Hall–Kier alpha value is -1.13. The van der Waals surface area contributed by atoms with E-state index in [-0.39, 0.29) is 0 Å². The summed E-state index contributed by atoms with van der Waals surface area (Å²) < 4.78 is 2.00. The van der Waals surface area contributed by atoms with Gasteiger partial charge in [-0.3, -0.25) is 4.68 Å². The van der Waals surface area contributed by atoms with Crippen molar-refractivity contribution in [2.45, 2.75) is 45.7 Å². The first-order valence-electron chi connectivity index (χ1n) is 7.09. The first-order valence-corrected chi connectivity index (χ1v) is 7.96. The van der Waals surface area contributed by atoms with Crippen molar-refractivity contribution >= 4 is 11.3 Å². The third-order valence-corrected chi connectivity index (χ3v) is 4.10. The molecule has 0 bridgehead atoms. The number of rotatable bonds is 8. The molecule has 4 heteroatoms. The predicted octanol–water partition coefficient (Wildman–Crippen LogP) is 3.12. The zero-order valence-corrected chi connectivity index (χ0v) is 12.6. The van der Waals surface area contributed by atoms with E-state index in [1.807, 2.05) is 22.2 Å². The van der Waals surface area contributed by atoms with E-state index in [1.54, 1.807) is 0 Å². The van der Waals surface area contributed by atoms with E-state index in [9.17, 15) is 0 Å².